The first-order valence-corrected chi connectivity index (χ1v) is 7.59. The molecule has 0 aliphatic carbocycles. The fourth-order valence-corrected chi connectivity index (χ4v) is 2.15. The van der Waals surface area contributed by atoms with E-state index in [0.717, 1.165) is 0 Å². The molecule has 2 aromatic carbocycles. The Hall–Kier alpha value is -3.55. The van der Waals surface area contributed by atoms with Crippen molar-refractivity contribution in [1.29, 1.82) is 0 Å². The summed E-state index contributed by atoms with van der Waals surface area (Å²) in [6, 6.07) is 12.0. The molecular formula is C18H19N3O5. The molecule has 2 aromatic rings. The lowest BCUT2D eigenvalue weighted by molar-refractivity contribution is -0.136. The summed E-state index contributed by atoms with van der Waals surface area (Å²) in [5.74, 6) is -0.448. The molecule has 0 aliphatic rings. The Morgan fingerprint density at radius 2 is 1.58 bits per heavy atom. The van der Waals surface area contributed by atoms with Gasteiger partial charge in [-0.2, -0.15) is 5.10 Å². The van der Waals surface area contributed by atoms with Gasteiger partial charge in [-0.25, -0.2) is 5.43 Å². The van der Waals surface area contributed by atoms with Crippen molar-refractivity contribution in [2.24, 2.45) is 5.10 Å². The molecule has 8 heteroatoms. The van der Waals surface area contributed by atoms with Crippen molar-refractivity contribution in [2.75, 3.05) is 26.6 Å². The fourth-order valence-electron chi connectivity index (χ4n) is 2.15. The van der Waals surface area contributed by atoms with Gasteiger partial charge in [-0.1, -0.05) is 18.2 Å². The summed E-state index contributed by atoms with van der Waals surface area (Å²) in [7, 11) is 4.47. The molecule has 2 amide bonds. The number of hydrogen-bond acceptors (Lipinski definition) is 6. The second-order valence-corrected chi connectivity index (χ2v) is 4.94. The molecule has 0 saturated heterocycles. The number of carbonyl (C=O) groups excluding carboxylic acids is 2. The van der Waals surface area contributed by atoms with Crippen LogP contribution in [-0.4, -0.2) is 39.4 Å². The number of nitrogens with one attached hydrogen (secondary N) is 2. The molecule has 0 fully saturated rings. The molecule has 8 nitrogen and oxygen atoms in total. The van der Waals surface area contributed by atoms with E-state index >= 15 is 0 Å². The number of para-hydroxylation sites is 1. The number of ether oxygens (including phenoxy) is 3. The lowest BCUT2D eigenvalue weighted by Crippen LogP contribution is -2.32. The zero-order valence-corrected chi connectivity index (χ0v) is 14.6. The molecule has 0 saturated carbocycles. The minimum Gasteiger partial charge on any atom is -0.493 e. The van der Waals surface area contributed by atoms with Crippen LogP contribution in [0.1, 0.15) is 5.56 Å². The summed E-state index contributed by atoms with van der Waals surface area (Å²) < 4.78 is 15.8. The van der Waals surface area contributed by atoms with E-state index in [1.807, 2.05) is 0 Å². The highest BCUT2D eigenvalue weighted by atomic mass is 16.5. The number of benzene rings is 2. The molecule has 2 rings (SSSR count). The second kappa shape index (κ2) is 9.07. The third kappa shape index (κ3) is 4.50. The van der Waals surface area contributed by atoms with E-state index in [1.165, 1.54) is 27.5 Å². The summed E-state index contributed by atoms with van der Waals surface area (Å²) in [4.78, 5) is 23.6. The Kier molecular flexibility index (Phi) is 6.55. The summed E-state index contributed by atoms with van der Waals surface area (Å²) in [6.45, 7) is 0. The average molecular weight is 357 g/mol. The summed E-state index contributed by atoms with van der Waals surface area (Å²) in [6.07, 6.45) is 1.34. The maximum atomic E-state index is 11.8. The van der Waals surface area contributed by atoms with Gasteiger partial charge in [-0.05, 0) is 24.3 Å². The van der Waals surface area contributed by atoms with Gasteiger partial charge in [0.05, 0.1) is 27.5 Å². The highest BCUT2D eigenvalue weighted by Gasteiger charge is 2.15. The number of nitrogens with zero attached hydrogens (tertiary/aromatic N) is 1. The number of methoxy groups -OCH3 is 3. The van der Waals surface area contributed by atoms with E-state index in [1.54, 1.807) is 42.5 Å². The molecule has 136 valence electrons. The van der Waals surface area contributed by atoms with Crippen LogP contribution >= 0.6 is 0 Å². The minimum atomic E-state index is -0.899. The molecule has 0 unspecified atom stereocenters. The fraction of sp³-hybridized carbons (Fsp3) is 0.167. The standard InChI is InChI=1S/C18H19N3O5/c1-24-14-10-9-12(15(25-2)16(14)26-3)11-19-21-18(23)17(22)20-13-7-5-4-6-8-13/h4-11H,1-3H3,(H,20,22)(H,21,23)/b19-11-. The van der Waals surface area contributed by atoms with Crippen LogP contribution in [0, 0.1) is 0 Å². The van der Waals surface area contributed by atoms with E-state index in [9.17, 15) is 9.59 Å². The van der Waals surface area contributed by atoms with Gasteiger partial charge in [0.1, 0.15) is 0 Å². The van der Waals surface area contributed by atoms with Crippen molar-refractivity contribution >= 4 is 23.7 Å². The predicted molar refractivity (Wildman–Crippen MR) is 96.9 cm³/mol. The van der Waals surface area contributed by atoms with Gasteiger partial charge in [0.15, 0.2) is 11.5 Å². The average Bonchev–Trinajstić information content (AvgIpc) is 2.67. The van der Waals surface area contributed by atoms with Crippen LogP contribution < -0.4 is 25.0 Å². The van der Waals surface area contributed by atoms with Gasteiger partial charge in [0, 0.05) is 11.3 Å². The van der Waals surface area contributed by atoms with Gasteiger partial charge in [0.25, 0.3) is 0 Å². The Balaban J connectivity index is 2.05. The first-order valence-electron chi connectivity index (χ1n) is 7.59. The number of hydrogen-bond donors (Lipinski definition) is 2. The highest BCUT2D eigenvalue weighted by Crippen LogP contribution is 2.38. The number of anilines is 1. The van der Waals surface area contributed by atoms with Crippen molar-refractivity contribution in [3.8, 4) is 17.2 Å². The van der Waals surface area contributed by atoms with Crippen LogP contribution in [-0.2, 0) is 9.59 Å². The van der Waals surface area contributed by atoms with Crippen molar-refractivity contribution in [3.63, 3.8) is 0 Å². The van der Waals surface area contributed by atoms with Crippen LogP contribution in [0.2, 0.25) is 0 Å². The van der Waals surface area contributed by atoms with Crippen LogP contribution in [0.15, 0.2) is 47.6 Å². The normalized spacial score (nSPS) is 10.3. The van der Waals surface area contributed by atoms with Crippen molar-refractivity contribution in [2.45, 2.75) is 0 Å². The Morgan fingerprint density at radius 1 is 0.885 bits per heavy atom. The topological polar surface area (TPSA) is 98.2 Å². The smallest absolute Gasteiger partial charge is 0.329 e. The Bertz CT molecular complexity index is 806. The largest absolute Gasteiger partial charge is 0.493 e. The molecule has 0 aliphatic heterocycles. The van der Waals surface area contributed by atoms with Gasteiger partial charge in [0.2, 0.25) is 5.75 Å². The quantitative estimate of drug-likeness (QED) is 0.467. The second-order valence-electron chi connectivity index (χ2n) is 4.94. The molecule has 0 radical (unpaired) electrons. The zero-order valence-electron chi connectivity index (χ0n) is 14.6. The maximum Gasteiger partial charge on any atom is 0.329 e. The van der Waals surface area contributed by atoms with Gasteiger partial charge in [-0.3, -0.25) is 9.59 Å². The van der Waals surface area contributed by atoms with Crippen LogP contribution in [0.25, 0.3) is 0 Å². The van der Waals surface area contributed by atoms with Crippen LogP contribution in [0.3, 0.4) is 0 Å². The number of amides is 2. The number of rotatable bonds is 6. The third-order valence-corrected chi connectivity index (χ3v) is 3.34. The maximum absolute atomic E-state index is 11.8. The van der Waals surface area contributed by atoms with Crippen LogP contribution in [0.5, 0.6) is 17.2 Å². The third-order valence-electron chi connectivity index (χ3n) is 3.34. The first-order chi connectivity index (χ1) is 12.6. The molecule has 0 spiro atoms. The van der Waals surface area contributed by atoms with Crippen molar-refractivity contribution in [1.82, 2.24) is 5.43 Å². The summed E-state index contributed by atoms with van der Waals surface area (Å²) >= 11 is 0. The highest BCUT2D eigenvalue weighted by molar-refractivity contribution is 6.39. The van der Waals surface area contributed by atoms with E-state index < -0.39 is 11.8 Å². The van der Waals surface area contributed by atoms with E-state index in [0.29, 0.717) is 28.5 Å². The Labute approximate surface area is 150 Å². The first kappa shape index (κ1) is 18.8. The predicted octanol–water partition coefficient (Wildman–Crippen LogP) is 1.80. The zero-order chi connectivity index (χ0) is 18.9. The SMILES string of the molecule is COc1ccc(/C=N\NC(=O)C(=O)Nc2ccccc2)c(OC)c1OC. The summed E-state index contributed by atoms with van der Waals surface area (Å²) in [5.41, 5.74) is 3.21. The lowest BCUT2D eigenvalue weighted by Gasteiger charge is -2.13. The molecule has 26 heavy (non-hydrogen) atoms. The van der Waals surface area contributed by atoms with Gasteiger partial charge >= 0.3 is 11.8 Å². The van der Waals surface area contributed by atoms with E-state index in [-0.39, 0.29) is 0 Å². The van der Waals surface area contributed by atoms with E-state index in [4.69, 9.17) is 14.2 Å². The molecule has 0 bridgehead atoms. The van der Waals surface area contributed by atoms with Crippen molar-refractivity contribution in [3.05, 3.63) is 48.0 Å². The molecule has 0 aromatic heterocycles. The monoisotopic (exact) mass is 357 g/mol. The number of hydrazone groups is 1. The number of carbonyl (C=O) groups is 2. The molecule has 0 heterocycles. The molecular weight excluding hydrogens is 338 g/mol. The van der Waals surface area contributed by atoms with Crippen LogP contribution in [0.4, 0.5) is 5.69 Å². The molecule has 2 N–H and O–H groups in total. The lowest BCUT2D eigenvalue weighted by atomic mass is 10.2. The molecule has 0 atom stereocenters. The van der Waals surface area contributed by atoms with Gasteiger partial charge < -0.3 is 19.5 Å². The van der Waals surface area contributed by atoms with Crippen molar-refractivity contribution < 1.29 is 23.8 Å². The van der Waals surface area contributed by atoms with E-state index in [2.05, 4.69) is 15.8 Å². The minimum absolute atomic E-state index is 0.388. The Morgan fingerprint density at radius 3 is 2.19 bits per heavy atom. The van der Waals surface area contributed by atoms with Gasteiger partial charge in [-0.15, -0.1) is 0 Å². The summed E-state index contributed by atoms with van der Waals surface area (Å²) in [5, 5.41) is 6.24.